The van der Waals surface area contributed by atoms with Gasteiger partial charge in [0.15, 0.2) is 0 Å². The van der Waals surface area contributed by atoms with E-state index in [1.54, 1.807) is 4.90 Å². The standard InChI is InChI=1S/C13H22BrNO3/c1-13(2,3)18-11(16)9-15-8-6-4-5-7-10(14)12(15)17/h10H,4-9H2,1-3H3. The zero-order chi connectivity index (χ0) is 13.8. The first-order chi connectivity index (χ1) is 8.29. The molecule has 1 aliphatic heterocycles. The van der Waals surface area contributed by atoms with Crippen LogP contribution in [0.25, 0.3) is 0 Å². The van der Waals surface area contributed by atoms with Gasteiger partial charge < -0.3 is 9.64 Å². The zero-order valence-electron chi connectivity index (χ0n) is 11.4. The van der Waals surface area contributed by atoms with Gasteiger partial charge in [0, 0.05) is 6.54 Å². The summed E-state index contributed by atoms with van der Waals surface area (Å²) < 4.78 is 5.25. The van der Waals surface area contributed by atoms with Gasteiger partial charge in [0.1, 0.15) is 12.1 Å². The van der Waals surface area contributed by atoms with E-state index in [1.807, 2.05) is 20.8 Å². The number of amides is 1. The lowest BCUT2D eigenvalue weighted by molar-refractivity contribution is -0.158. The molecule has 4 nitrogen and oxygen atoms in total. The molecule has 0 spiro atoms. The molecule has 1 saturated heterocycles. The topological polar surface area (TPSA) is 46.6 Å². The van der Waals surface area contributed by atoms with E-state index in [0.29, 0.717) is 6.54 Å². The summed E-state index contributed by atoms with van der Waals surface area (Å²) in [4.78, 5) is 25.3. The van der Waals surface area contributed by atoms with Crippen molar-refractivity contribution >= 4 is 27.8 Å². The average molecular weight is 320 g/mol. The fourth-order valence-corrected chi connectivity index (χ4v) is 2.53. The molecule has 1 fully saturated rings. The molecule has 0 aromatic heterocycles. The van der Waals surface area contributed by atoms with Gasteiger partial charge >= 0.3 is 5.97 Å². The van der Waals surface area contributed by atoms with Gasteiger partial charge in [0.2, 0.25) is 5.91 Å². The highest BCUT2D eigenvalue weighted by molar-refractivity contribution is 9.10. The molecule has 0 bridgehead atoms. The molecule has 1 unspecified atom stereocenters. The highest BCUT2D eigenvalue weighted by Gasteiger charge is 2.27. The Morgan fingerprint density at radius 2 is 2.06 bits per heavy atom. The van der Waals surface area contributed by atoms with Crippen molar-refractivity contribution in [2.45, 2.75) is 56.9 Å². The van der Waals surface area contributed by atoms with Crippen molar-refractivity contribution in [3.05, 3.63) is 0 Å². The second-order valence-electron chi connectivity index (χ2n) is 5.66. The number of carbonyl (C=O) groups is 2. The Hall–Kier alpha value is -0.580. The molecule has 18 heavy (non-hydrogen) atoms. The lowest BCUT2D eigenvalue weighted by Gasteiger charge is -2.28. The summed E-state index contributed by atoms with van der Waals surface area (Å²) >= 11 is 3.39. The molecule has 0 saturated carbocycles. The minimum atomic E-state index is -0.503. The number of hydrogen-bond donors (Lipinski definition) is 0. The van der Waals surface area contributed by atoms with E-state index < -0.39 is 5.60 Å². The highest BCUT2D eigenvalue weighted by Crippen LogP contribution is 2.18. The third-order valence-electron chi connectivity index (χ3n) is 2.71. The van der Waals surface area contributed by atoms with Gasteiger partial charge in [0.25, 0.3) is 0 Å². The van der Waals surface area contributed by atoms with Crippen molar-refractivity contribution in [3.63, 3.8) is 0 Å². The fourth-order valence-electron chi connectivity index (χ4n) is 1.92. The van der Waals surface area contributed by atoms with Gasteiger partial charge in [-0.15, -0.1) is 0 Å². The van der Waals surface area contributed by atoms with E-state index in [0.717, 1.165) is 25.7 Å². The first-order valence-corrected chi connectivity index (χ1v) is 7.36. The Labute approximate surface area is 117 Å². The van der Waals surface area contributed by atoms with Crippen molar-refractivity contribution < 1.29 is 14.3 Å². The number of likely N-dealkylation sites (tertiary alicyclic amines) is 1. The molecular formula is C13H22BrNO3. The summed E-state index contributed by atoms with van der Waals surface area (Å²) in [5.41, 5.74) is -0.503. The van der Waals surface area contributed by atoms with Gasteiger partial charge in [-0.2, -0.15) is 0 Å². The Balaban J connectivity index is 2.56. The Kier molecular flexibility index (Phi) is 5.63. The molecule has 0 aromatic carbocycles. The fraction of sp³-hybridized carbons (Fsp3) is 0.846. The van der Waals surface area contributed by atoms with Crippen molar-refractivity contribution in [2.75, 3.05) is 13.1 Å². The van der Waals surface area contributed by atoms with E-state index in [2.05, 4.69) is 15.9 Å². The summed E-state index contributed by atoms with van der Waals surface area (Å²) in [6, 6.07) is 0. The Morgan fingerprint density at radius 1 is 1.39 bits per heavy atom. The third kappa shape index (κ3) is 5.38. The molecule has 1 amide bonds. The Morgan fingerprint density at radius 3 is 2.67 bits per heavy atom. The van der Waals surface area contributed by atoms with Crippen molar-refractivity contribution in [1.82, 2.24) is 4.90 Å². The quantitative estimate of drug-likeness (QED) is 0.580. The maximum absolute atomic E-state index is 12.1. The number of rotatable bonds is 2. The molecule has 104 valence electrons. The number of ether oxygens (including phenoxy) is 1. The minimum absolute atomic E-state index is 0.000518. The van der Waals surface area contributed by atoms with Gasteiger partial charge in [-0.05, 0) is 33.6 Å². The lowest BCUT2D eigenvalue weighted by Crippen LogP contribution is -2.43. The molecule has 0 radical (unpaired) electrons. The van der Waals surface area contributed by atoms with Gasteiger partial charge in [-0.25, -0.2) is 0 Å². The van der Waals surface area contributed by atoms with Crippen LogP contribution in [0.4, 0.5) is 0 Å². The molecule has 5 heteroatoms. The molecular weight excluding hydrogens is 298 g/mol. The predicted molar refractivity (Wildman–Crippen MR) is 73.6 cm³/mol. The van der Waals surface area contributed by atoms with Gasteiger partial charge in [-0.1, -0.05) is 28.8 Å². The average Bonchev–Trinajstić information content (AvgIpc) is 2.21. The second kappa shape index (κ2) is 6.55. The van der Waals surface area contributed by atoms with Crippen LogP contribution in [0.2, 0.25) is 0 Å². The van der Waals surface area contributed by atoms with Crippen molar-refractivity contribution in [2.24, 2.45) is 0 Å². The van der Waals surface area contributed by atoms with E-state index in [9.17, 15) is 9.59 Å². The van der Waals surface area contributed by atoms with Crippen LogP contribution in [-0.2, 0) is 14.3 Å². The second-order valence-corrected chi connectivity index (χ2v) is 6.77. The summed E-state index contributed by atoms with van der Waals surface area (Å²) in [7, 11) is 0. The van der Waals surface area contributed by atoms with Crippen molar-refractivity contribution in [3.8, 4) is 0 Å². The SMILES string of the molecule is CC(C)(C)OC(=O)CN1CCCCCC(Br)C1=O. The first kappa shape index (κ1) is 15.5. The summed E-state index contributed by atoms with van der Waals surface area (Å²) in [6.07, 6.45) is 3.94. The summed E-state index contributed by atoms with van der Waals surface area (Å²) in [5, 5.41) is 0. The summed E-state index contributed by atoms with van der Waals surface area (Å²) in [5.74, 6) is -0.336. The van der Waals surface area contributed by atoms with E-state index >= 15 is 0 Å². The van der Waals surface area contributed by atoms with Crippen LogP contribution < -0.4 is 0 Å². The van der Waals surface area contributed by atoms with Crippen LogP contribution in [0.1, 0.15) is 46.5 Å². The van der Waals surface area contributed by atoms with Crippen LogP contribution in [0, 0.1) is 0 Å². The highest BCUT2D eigenvalue weighted by atomic mass is 79.9. The van der Waals surface area contributed by atoms with Crippen LogP contribution in [-0.4, -0.2) is 40.3 Å². The number of carbonyl (C=O) groups excluding carboxylic acids is 2. The molecule has 1 rings (SSSR count). The minimum Gasteiger partial charge on any atom is -0.459 e. The largest absolute Gasteiger partial charge is 0.459 e. The van der Waals surface area contributed by atoms with E-state index in [1.165, 1.54) is 0 Å². The zero-order valence-corrected chi connectivity index (χ0v) is 13.0. The van der Waals surface area contributed by atoms with Crippen LogP contribution in [0.5, 0.6) is 0 Å². The van der Waals surface area contributed by atoms with Crippen LogP contribution in [0.3, 0.4) is 0 Å². The predicted octanol–water partition coefficient (Wildman–Crippen LogP) is 2.49. The molecule has 1 heterocycles. The Bertz CT molecular complexity index is 312. The maximum Gasteiger partial charge on any atom is 0.326 e. The van der Waals surface area contributed by atoms with Gasteiger partial charge in [0.05, 0.1) is 4.83 Å². The number of alkyl halides is 1. The van der Waals surface area contributed by atoms with Crippen molar-refractivity contribution in [1.29, 1.82) is 0 Å². The number of halogens is 1. The van der Waals surface area contributed by atoms with E-state index in [-0.39, 0.29) is 23.2 Å². The molecule has 1 atom stereocenters. The van der Waals surface area contributed by atoms with Crippen LogP contribution >= 0.6 is 15.9 Å². The number of esters is 1. The first-order valence-electron chi connectivity index (χ1n) is 6.44. The monoisotopic (exact) mass is 319 g/mol. The normalized spacial score (nSPS) is 22.3. The van der Waals surface area contributed by atoms with E-state index in [4.69, 9.17) is 4.74 Å². The maximum atomic E-state index is 12.1. The van der Waals surface area contributed by atoms with Gasteiger partial charge in [-0.3, -0.25) is 9.59 Å². The molecule has 1 aliphatic rings. The summed E-state index contributed by atoms with van der Waals surface area (Å²) in [6.45, 7) is 6.17. The molecule has 0 aromatic rings. The molecule has 0 N–H and O–H groups in total. The lowest BCUT2D eigenvalue weighted by atomic mass is 10.1. The third-order valence-corrected chi connectivity index (χ3v) is 3.55. The molecule has 0 aliphatic carbocycles. The number of hydrogen-bond acceptors (Lipinski definition) is 3. The van der Waals surface area contributed by atoms with Crippen LogP contribution in [0.15, 0.2) is 0 Å². The smallest absolute Gasteiger partial charge is 0.326 e. The number of nitrogens with zero attached hydrogens (tertiary/aromatic N) is 1.